The van der Waals surface area contributed by atoms with Crippen molar-refractivity contribution < 1.29 is 4.74 Å². The molecule has 0 atom stereocenters. The number of rotatable bonds is 2. The summed E-state index contributed by atoms with van der Waals surface area (Å²) in [5.41, 5.74) is 0. The fraction of sp³-hybridized carbons (Fsp3) is 0.800. The van der Waals surface area contributed by atoms with Crippen LogP contribution >= 0.6 is 11.5 Å². The molecule has 0 spiro atoms. The third kappa shape index (κ3) is 2.66. The molecule has 15 heavy (non-hydrogen) atoms. The number of nitrogens with zero attached hydrogens (tertiary/aromatic N) is 3. The molecule has 0 aliphatic carbocycles. The quantitative estimate of drug-likeness (QED) is 0.773. The first-order valence-corrected chi connectivity index (χ1v) is 6.21. The summed E-state index contributed by atoms with van der Waals surface area (Å²) in [6.45, 7) is 7.89. The van der Waals surface area contributed by atoms with Gasteiger partial charge in [0.05, 0.1) is 6.61 Å². The summed E-state index contributed by atoms with van der Waals surface area (Å²) in [7, 11) is 0. The predicted molar refractivity (Wildman–Crippen MR) is 61.6 cm³/mol. The standard InChI is InChI=1S/C10H17N3OS/c1-8(2)9-11-10(15-12-9)13-4-3-6-14-7-5-13/h8H,3-7H2,1-2H3. The molecule has 84 valence electrons. The minimum absolute atomic E-state index is 0.415. The summed E-state index contributed by atoms with van der Waals surface area (Å²) in [5, 5.41) is 1.05. The average molecular weight is 227 g/mol. The van der Waals surface area contributed by atoms with Gasteiger partial charge in [0.15, 0.2) is 0 Å². The maximum atomic E-state index is 5.42. The van der Waals surface area contributed by atoms with Crippen LogP contribution in [0.5, 0.6) is 0 Å². The Balaban J connectivity index is 2.06. The van der Waals surface area contributed by atoms with Crippen LogP contribution < -0.4 is 4.90 Å². The molecule has 1 fully saturated rings. The van der Waals surface area contributed by atoms with Crippen LogP contribution in [-0.2, 0) is 4.74 Å². The highest BCUT2D eigenvalue weighted by Crippen LogP contribution is 2.21. The topological polar surface area (TPSA) is 38.2 Å². The van der Waals surface area contributed by atoms with Gasteiger partial charge < -0.3 is 9.64 Å². The molecule has 5 heteroatoms. The molecule has 0 unspecified atom stereocenters. The zero-order valence-electron chi connectivity index (χ0n) is 9.27. The minimum atomic E-state index is 0.415. The highest BCUT2D eigenvalue weighted by molar-refractivity contribution is 7.09. The van der Waals surface area contributed by atoms with Crippen molar-refractivity contribution in [3.8, 4) is 0 Å². The first kappa shape index (κ1) is 10.8. The smallest absolute Gasteiger partial charge is 0.205 e. The molecule has 1 aliphatic rings. The number of aromatic nitrogens is 2. The largest absolute Gasteiger partial charge is 0.380 e. The molecule has 0 N–H and O–H groups in total. The van der Waals surface area contributed by atoms with E-state index in [0.29, 0.717) is 5.92 Å². The molecule has 1 saturated heterocycles. The van der Waals surface area contributed by atoms with Crippen molar-refractivity contribution in [2.45, 2.75) is 26.2 Å². The summed E-state index contributed by atoms with van der Waals surface area (Å²) in [4.78, 5) is 6.83. The van der Waals surface area contributed by atoms with Crippen molar-refractivity contribution in [3.63, 3.8) is 0 Å². The highest BCUT2D eigenvalue weighted by atomic mass is 32.1. The van der Waals surface area contributed by atoms with Gasteiger partial charge in [0.1, 0.15) is 5.82 Å². The lowest BCUT2D eigenvalue weighted by atomic mass is 10.2. The lowest BCUT2D eigenvalue weighted by Crippen LogP contribution is -2.25. The van der Waals surface area contributed by atoms with E-state index in [9.17, 15) is 0 Å². The van der Waals surface area contributed by atoms with E-state index in [1.165, 1.54) is 11.5 Å². The molecular weight excluding hydrogens is 210 g/mol. The van der Waals surface area contributed by atoms with E-state index in [0.717, 1.165) is 43.7 Å². The Bertz CT molecular complexity index is 305. The second-order valence-corrected chi connectivity index (χ2v) is 4.77. The van der Waals surface area contributed by atoms with Gasteiger partial charge in [-0.05, 0) is 6.42 Å². The molecule has 1 aromatic rings. The Morgan fingerprint density at radius 1 is 1.33 bits per heavy atom. The molecule has 1 aliphatic heterocycles. The molecule has 0 radical (unpaired) electrons. The maximum absolute atomic E-state index is 5.42. The Kier molecular flexibility index (Phi) is 3.53. The van der Waals surface area contributed by atoms with Crippen molar-refractivity contribution in [3.05, 3.63) is 5.82 Å². The van der Waals surface area contributed by atoms with Gasteiger partial charge in [-0.2, -0.15) is 4.37 Å². The van der Waals surface area contributed by atoms with Crippen molar-refractivity contribution in [2.24, 2.45) is 0 Å². The molecule has 2 heterocycles. The molecule has 4 nitrogen and oxygen atoms in total. The Morgan fingerprint density at radius 2 is 2.20 bits per heavy atom. The van der Waals surface area contributed by atoms with Crippen molar-refractivity contribution in [1.29, 1.82) is 0 Å². The van der Waals surface area contributed by atoms with Crippen LogP contribution in [0.3, 0.4) is 0 Å². The van der Waals surface area contributed by atoms with Crippen molar-refractivity contribution in [2.75, 3.05) is 31.2 Å². The van der Waals surface area contributed by atoms with Gasteiger partial charge in [-0.1, -0.05) is 13.8 Å². The fourth-order valence-electron chi connectivity index (χ4n) is 1.53. The minimum Gasteiger partial charge on any atom is -0.380 e. The first-order chi connectivity index (χ1) is 7.27. The predicted octanol–water partition coefficient (Wildman–Crippen LogP) is 1.89. The number of ether oxygens (including phenoxy) is 1. The zero-order chi connectivity index (χ0) is 10.7. The van der Waals surface area contributed by atoms with Crippen LogP contribution in [0.25, 0.3) is 0 Å². The lowest BCUT2D eigenvalue weighted by molar-refractivity contribution is 0.152. The van der Waals surface area contributed by atoms with Gasteiger partial charge in [0.2, 0.25) is 5.13 Å². The SMILES string of the molecule is CC(C)c1nsc(N2CCCOCC2)n1. The van der Waals surface area contributed by atoms with Crippen molar-refractivity contribution >= 4 is 16.7 Å². The summed E-state index contributed by atoms with van der Waals surface area (Å²) < 4.78 is 9.78. The summed E-state index contributed by atoms with van der Waals surface area (Å²) in [6.07, 6.45) is 1.08. The van der Waals surface area contributed by atoms with Crippen molar-refractivity contribution in [1.82, 2.24) is 9.36 Å². The van der Waals surface area contributed by atoms with Gasteiger partial charge in [0.25, 0.3) is 0 Å². The monoisotopic (exact) mass is 227 g/mol. The highest BCUT2D eigenvalue weighted by Gasteiger charge is 2.15. The molecule has 0 bridgehead atoms. The molecule has 0 amide bonds. The van der Waals surface area contributed by atoms with E-state index in [2.05, 4.69) is 28.1 Å². The van der Waals surface area contributed by atoms with Crippen LogP contribution in [0.1, 0.15) is 32.0 Å². The Labute approximate surface area is 94.4 Å². The molecule has 2 rings (SSSR count). The average Bonchev–Trinajstić information content (AvgIpc) is 2.55. The number of anilines is 1. The normalized spacial score (nSPS) is 18.2. The summed E-state index contributed by atoms with van der Waals surface area (Å²) in [5.74, 6) is 1.37. The molecular formula is C10H17N3OS. The maximum Gasteiger partial charge on any atom is 0.205 e. The van der Waals surface area contributed by atoms with E-state index in [-0.39, 0.29) is 0 Å². The van der Waals surface area contributed by atoms with Crippen LogP contribution in [0.4, 0.5) is 5.13 Å². The number of hydrogen-bond acceptors (Lipinski definition) is 5. The third-order valence-corrected chi connectivity index (χ3v) is 3.23. The Hall–Kier alpha value is -0.680. The van der Waals surface area contributed by atoms with Gasteiger partial charge in [0, 0.05) is 37.1 Å². The third-order valence-electron chi connectivity index (χ3n) is 2.44. The summed E-state index contributed by atoms with van der Waals surface area (Å²) in [6, 6.07) is 0. The number of hydrogen-bond donors (Lipinski definition) is 0. The van der Waals surface area contributed by atoms with E-state index in [1.807, 2.05) is 0 Å². The van der Waals surface area contributed by atoms with E-state index in [4.69, 9.17) is 4.74 Å². The zero-order valence-corrected chi connectivity index (χ0v) is 10.1. The van der Waals surface area contributed by atoms with Gasteiger partial charge in [-0.15, -0.1) is 0 Å². The summed E-state index contributed by atoms with van der Waals surface area (Å²) >= 11 is 1.50. The van der Waals surface area contributed by atoms with Crippen LogP contribution in [0.15, 0.2) is 0 Å². The van der Waals surface area contributed by atoms with E-state index >= 15 is 0 Å². The van der Waals surface area contributed by atoms with E-state index < -0.39 is 0 Å². The fourth-order valence-corrected chi connectivity index (χ4v) is 2.39. The second-order valence-electron chi connectivity index (χ2n) is 4.04. The molecule has 1 aromatic heterocycles. The van der Waals surface area contributed by atoms with Crippen LogP contribution in [0, 0.1) is 0 Å². The lowest BCUT2D eigenvalue weighted by Gasteiger charge is -2.17. The van der Waals surface area contributed by atoms with Crippen LogP contribution in [-0.4, -0.2) is 35.7 Å². The van der Waals surface area contributed by atoms with Gasteiger partial charge in [-0.3, -0.25) is 0 Å². The molecule has 0 saturated carbocycles. The second kappa shape index (κ2) is 4.90. The van der Waals surface area contributed by atoms with E-state index in [1.54, 1.807) is 0 Å². The Morgan fingerprint density at radius 3 is 2.93 bits per heavy atom. The molecule has 0 aromatic carbocycles. The van der Waals surface area contributed by atoms with Gasteiger partial charge in [-0.25, -0.2) is 4.98 Å². The first-order valence-electron chi connectivity index (χ1n) is 5.43. The van der Waals surface area contributed by atoms with Gasteiger partial charge >= 0.3 is 0 Å². The van der Waals surface area contributed by atoms with Crippen LogP contribution in [0.2, 0.25) is 0 Å².